The van der Waals surface area contributed by atoms with Gasteiger partial charge in [-0.15, -0.1) is 0 Å². The molecule has 0 unspecified atom stereocenters. The smallest absolute Gasteiger partial charge is 0.227 e. The fourth-order valence-electron chi connectivity index (χ4n) is 1.78. The second kappa shape index (κ2) is 5.30. The summed E-state index contributed by atoms with van der Waals surface area (Å²) in [6.07, 6.45) is 7.09. The van der Waals surface area contributed by atoms with Gasteiger partial charge in [-0.3, -0.25) is 4.68 Å². The van der Waals surface area contributed by atoms with Crippen LogP contribution < -0.4 is 5.32 Å². The van der Waals surface area contributed by atoms with Gasteiger partial charge in [0.25, 0.3) is 0 Å². The molecule has 2 aromatic heterocycles. The Labute approximate surface area is 111 Å². The minimum atomic E-state index is 0.571. The Hall–Kier alpha value is -2.69. The predicted molar refractivity (Wildman–Crippen MR) is 73.1 cm³/mol. The highest BCUT2D eigenvalue weighted by molar-refractivity contribution is 5.49. The quantitative estimate of drug-likeness (QED) is 0.774. The third-order valence-corrected chi connectivity index (χ3v) is 2.64. The molecule has 0 aliphatic rings. The maximum Gasteiger partial charge on any atom is 0.227 e. The van der Waals surface area contributed by atoms with Crippen LogP contribution in [0.5, 0.6) is 0 Å². The van der Waals surface area contributed by atoms with Crippen LogP contribution in [0.1, 0.15) is 5.56 Å². The lowest BCUT2D eigenvalue weighted by molar-refractivity contribution is 0.687. The number of benzene rings is 1. The Kier molecular flexibility index (Phi) is 3.18. The lowest BCUT2D eigenvalue weighted by Crippen LogP contribution is -1.99. The van der Waals surface area contributed by atoms with Crippen LogP contribution in [0.25, 0.3) is 0 Å². The standard InChI is InChI=1S/C14H13N5/c1-2-5-12(6-3-1)10-19-11-13(9-17-19)18-14-15-7-4-8-16-14/h1-9,11H,10H2,(H,15,16,18). The Bertz CT molecular complexity index is 577. The van der Waals surface area contributed by atoms with Crippen molar-refractivity contribution in [2.75, 3.05) is 5.32 Å². The fraction of sp³-hybridized carbons (Fsp3) is 0.0714. The highest BCUT2D eigenvalue weighted by atomic mass is 15.3. The number of aromatic nitrogens is 4. The van der Waals surface area contributed by atoms with Gasteiger partial charge >= 0.3 is 0 Å². The number of nitrogens with one attached hydrogen (secondary N) is 1. The average molecular weight is 251 g/mol. The fourth-order valence-corrected chi connectivity index (χ4v) is 1.78. The summed E-state index contributed by atoms with van der Waals surface area (Å²) < 4.78 is 1.88. The van der Waals surface area contributed by atoms with Crippen LogP contribution in [-0.2, 0) is 6.54 Å². The van der Waals surface area contributed by atoms with Gasteiger partial charge in [0.15, 0.2) is 0 Å². The molecule has 0 amide bonds. The molecule has 0 radical (unpaired) electrons. The van der Waals surface area contributed by atoms with Gasteiger partial charge in [0.05, 0.1) is 18.4 Å². The second-order valence-electron chi connectivity index (χ2n) is 4.11. The van der Waals surface area contributed by atoms with Crippen LogP contribution in [-0.4, -0.2) is 19.7 Å². The van der Waals surface area contributed by atoms with E-state index >= 15 is 0 Å². The lowest BCUT2D eigenvalue weighted by atomic mass is 10.2. The van der Waals surface area contributed by atoms with Gasteiger partial charge in [-0.1, -0.05) is 30.3 Å². The molecule has 0 spiro atoms. The topological polar surface area (TPSA) is 55.6 Å². The van der Waals surface area contributed by atoms with Gasteiger partial charge in [-0.25, -0.2) is 9.97 Å². The summed E-state index contributed by atoms with van der Waals surface area (Å²) in [6, 6.07) is 12.0. The average Bonchev–Trinajstić information content (AvgIpc) is 2.88. The predicted octanol–water partition coefficient (Wildman–Crippen LogP) is 2.47. The Morgan fingerprint density at radius 3 is 2.58 bits per heavy atom. The van der Waals surface area contributed by atoms with Crippen LogP contribution in [0.3, 0.4) is 0 Å². The van der Waals surface area contributed by atoms with E-state index in [1.54, 1.807) is 24.7 Å². The van der Waals surface area contributed by atoms with Crippen LogP contribution in [0.2, 0.25) is 0 Å². The van der Waals surface area contributed by atoms with E-state index in [-0.39, 0.29) is 0 Å². The largest absolute Gasteiger partial charge is 0.321 e. The summed E-state index contributed by atoms with van der Waals surface area (Å²) in [4.78, 5) is 8.22. The molecule has 0 saturated carbocycles. The third-order valence-electron chi connectivity index (χ3n) is 2.64. The van der Waals surface area contributed by atoms with Crippen LogP contribution in [0.4, 0.5) is 11.6 Å². The molecular weight excluding hydrogens is 238 g/mol. The van der Waals surface area contributed by atoms with E-state index in [2.05, 4.69) is 32.5 Å². The molecule has 0 atom stereocenters. The van der Waals surface area contributed by atoms with E-state index in [9.17, 15) is 0 Å². The monoisotopic (exact) mass is 251 g/mol. The minimum Gasteiger partial charge on any atom is -0.321 e. The molecular formula is C14H13N5. The molecule has 0 aliphatic heterocycles. The molecule has 2 heterocycles. The number of anilines is 2. The summed E-state index contributed by atoms with van der Waals surface area (Å²) in [5.74, 6) is 0.571. The number of hydrogen-bond acceptors (Lipinski definition) is 4. The first kappa shape index (κ1) is 11.4. The van der Waals surface area contributed by atoms with Crippen LogP contribution in [0.15, 0.2) is 61.2 Å². The Balaban J connectivity index is 1.70. The van der Waals surface area contributed by atoms with Crippen molar-refractivity contribution in [1.29, 1.82) is 0 Å². The number of nitrogens with zero attached hydrogens (tertiary/aromatic N) is 4. The van der Waals surface area contributed by atoms with Gasteiger partial charge in [0.2, 0.25) is 5.95 Å². The van der Waals surface area contributed by atoms with Crippen molar-refractivity contribution in [2.45, 2.75) is 6.54 Å². The van der Waals surface area contributed by atoms with E-state index in [1.807, 2.05) is 29.1 Å². The van der Waals surface area contributed by atoms with E-state index in [0.29, 0.717) is 5.95 Å². The first-order valence-electron chi connectivity index (χ1n) is 6.00. The second-order valence-corrected chi connectivity index (χ2v) is 4.11. The van der Waals surface area contributed by atoms with E-state index < -0.39 is 0 Å². The third kappa shape index (κ3) is 2.95. The van der Waals surface area contributed by atoms with Crippen molar-refractivity contribution in [2.24, 2.45) is 0 Å². The van der Waals surface area contributed by atoms with Crippen molar-refractivity contribution in [1.82, 2.24) is 19.7 Å². The molecule has 1 N–H and O–H groups in total. The summed E-state index contributed by atoms with van der Waals surface area (Å²) in [6.45, 7) is 0.748. The van der Waals surface area contributed by atoms with Crippen molar-refractivity contribution in [3.05, 3.63) is 66.7 Å². The SMILES string of the molecule is c1ccc(Cn2cc(Nc3ncccn3)cn2)cc1. The highest BCUT2D eigenvalue weighted by Gasteiger charge is 2.01. The van der Waals surface area contributed by atoms with Crippen molar-refractivity contribution in [3.63, 3.8) is 0 Å². The molecule has 3 rings (SSSR count). The first-order chi connectivity index (χ1) is 9.40. The summed E-state index contributed by atoms with van der Waals surface area (Å²) in [5, 5.41) is 7.41. The highest BCUT2D eigenvalue weighted by Crippen LogP contribution is 2.11. The van der Waals surface area contributed by atoms with Crippen LogP contribution >= 0.6 is 0 Å². The molecule has 0 bridgehead atoms. The van der Waals surface area contributed by atoms with E-state index in [4.69, 9.17) is 0 Å². The Morgan fingerprint density at radius 1 is 1.00 bits per heavy atom. The van der Waals surface area contributed by atoms with Gasteiger partial charge in [0.1, 0.15) is 0 Å². The van der Waals surface area contributed by atoms with Gasteiger partial charge in [-0.2, -0.15) is 5.10 Å². The van der Waals surface area contributed by atoms with Gasteiger partial charge in [0, 0.05) is 18.6 Å². The summed E-state index contributed by atoms with van der Waals surface area (Å²) in [5.41, 5.74) is 2.09. The van der Waals surface area contributed by atoms with Crippen LogP contribution in [0, 0.1) is 0 Å². The van der Waals surface area contributed by atoms with Crippen molar-refractivity contribution >= 4 is 11.6 Å². The molecule has 1 aromatic carbocycles. The zero-order valence-electron chi connectivity index (χ0n) is 10.3. The maximum atomic E-state index is 4.31. The molecule has 0 aliphatic carbocycles. The molecule has 3 aromatic rings. The molecule has 5 heteroatoms. The van der Waals surface area contributed by atoms with Crippen molar-refractivity contribution < 1.29 is 0 Å². The molecule has 19 heavy (non-hydrogen) atoms. The normalized spacial score (nSPS) is 10.3. The Morgan fingerprint density at radius 2 is 1.79 bits per heavy atom. The zero-order chi connectivity index (χ0) is 12.9. The number of rotatable bonds is 4. The van der Waals surface area contributed by atoms with E-state index in [0.717, 1.165) is 12.2 Å². The summed E-state index contributed by atoms with van der Waals surface area (Å²) in [7, 11) is 0. The van der Waals surface area contributed by atoms with Gasteiger partial charge in [-0.05, 0) is 11.6 Å². The summed E-state index contributed by atoms with van der Waals surface area (Å²) >= 11 is 0. The van der Waals surface area contributed by atoms with Crippen molar-refractivity contribution in [3.8, 4) is 0 Å². The van der Waals surface area contributed by atoms with E-state index in [1.165, 1.54) is 5.56 Å². The zero-order valence-corrected chi connectivity index (χ0v) is 10.3. The molecule has 5 nitrogen and oxygen atoms in total. The first-order valence-corrected chi connectivity index (χ1v) is 6.00. The lowest BCUT2D eigenvalue weighted by Gasteiger charge is -2.01. The molecule has 0 saturated heterocycles. The van der Waals surface area contributed by atoms with Gasteiger partial charge < -0.3 is 5.32 Å². The molecule has 94 valence electrons. The maximum absolute atomic E-state index is 4.31. The minimum absolute atomic E-state index is 0.571. The number of hydrogen-bond donors (Lipinski definition) is 1. The molecule has 0 fully saturated rings.